The van der Waals surface area contributed by atoms with Crippen LogP contribution < -0.4 is 10.5 Å². The second-order valence-corrected chi connectivity index (χ2v) is 5.26. The van der Waals surface area contributed by atoms with Gasteiger partial charge in [0.05, 0.1) is 12.3 Å². The Morgan fingerprint density at radius 3 is 2.75 bits per heavy atom. The molecule has 1 aromatic rings. The van der Waals surface area contributed by atoms with Crippen molar-refractivity contribution in [3.8, 4) is 0 Å². The number of aryl methyl sites for hydroxylation is 1. The van der Waals surface area contributed by atoms with E-state index in [-0.39, 0.29) is 11.6 Å². The molecule has 1 heterocycles. The Morgan fingerprint density at radius 1 is 1.69 bits per heavy atom. The molecule has 0 bridgehead atoms. The smallest absolute Gasteiger partial charge is 0.257 e. The number of aromatic nitrogens is 2. The Kier molecular flexibility index (Phi) is 4.03. The SMILES string of the molecule is CC(O)C(N)CNS(=O)(=O)c1ccnn1C. The molecule has 0 aromatic carbocycles. The molecule has 4 N–H and O–H groups in total. The fourth-order valence-corrected chi connectivity index (χ4v) is 2.27. The summed E-state index contributed by atoms with van der Waals surface area (Å²) in [6, 6.07) is 0.749. The lowest BCUT2D eigenvalue weighted by Crippen LogP contribution is -2.43. The first-order valence-electron chi connectivity index (χ1n) is 4.76. The van der Waals surface area contributed by atoms with Gasteiger partial charge in [0.25, 0.3) is 10.0 Å². The maximum atomic E-state index is 11.7. The quantitative estimate of drug-likeness (QED) is 0.581. The van der Waals surface area contributed by atoms with Crippen LogP contribution in [0, 0.1) is 0 Å². The van der Waals surface area contributed by atoms with Crippen molar-refractivity contribution < 1.29 is 13.5 Å². The minimum atomic E-state index is -3.62. The molecule has 0 aliphatic heterocycles. The van der Waals surface area contributed by atoms with E-state index in [9.17, 15) is 8.42 Å². The van der Waals surface area contributed by atoms with Gasteiger partial charge >= 0.3 is 0 Å². The largest absolute Gasteiger partial charge is 0.392 e. The van der Waals surface area contributed by atoms with Crippen molar-refractivity contribution in [3.05, 3.63) is 12.3 Å². The van der Waals surface area contributed by atoms with Crippen molar-refractivity contribution in [1.29, 1.82) is 0 Å². The summed E-state index contributed by atoms with van der Waals surface area (Å²) in [5.41, 5.74) is 5.52. The number of hydrogen-bond donors (Lipinski definition) is 3. The van der Waals surface area contributed by atoms with E-state index in [2.05, 4.69) is 9.82 Å². The van der Waals surface area contributed by atoms with E-state index in [1.807, 2.05) is 0 Å². The third kappa shape index (κ3) is 3.01. The van der Waals surface area contributed by atoms with Crippen LogP contribution in [0.1, 0.15) is 6.92 Å². The summed E-state index contributed by atoms with van der Waals surface area (Å²) < 4.78 is 27.0. The van der Waals surface area contributed by atoms with Crippen molar-refractivity contribution >= 4 is 10.0 Å². The van der Waals surface area contributed by atoms with E-state index in [0.29, 0.717) is 0 Å². The van der Waals surface area contributed by atoms with Gasteiger partial charge in [0.15, 0.2) is 5.03 Å². The zero-order chi connectivity index (χ0) is 12.3. The van der Waals surface area contributed by atoms with Crippen molar-refractivity contribution in [3.63, 3.8) is 0 Å². The van der Waals surface area contributed by atoms with Crippen LogP contribution >= 0.6 is 0 Å². The Labute approximate surface area is 94.3 Å². The summed E-state index contributed by atoms with van der Waals surface area (Å²) in [6.07, 6.45) is 0.623. The first kappa shape index (κ1) is 13.1. The molecule has 0 aliphatic rings. The summed E-state index contributed by atoms with van der Waals surface area (Å²) in [5.74, 6) is 0. The van der Waals surface area contributed by atoms with E-state index >= 15 is 0 Å². The van der Waals surface area contributed by atoms with Crippen LogP contribution in [0.5, 0.6) is 0 Å². The molecule has 2 atom stereocenters. The highest BCUT2D eigenvalue weighted by molar-refractivity contribution is 7.89. The van der Waals surface area contributed by atoms with Crippen LogP contribution in [0.3, 0.4) is 0 Å². The highest BCUT2D eigenvalue weighted by Gasteiger charge is 2.19. The van der Waals surface area contributed by atoms with Gasteiger partial charge in [0.2, 0.25) is 0 Å². The third-order valence-corrected chi connectivity index (χ3v) is 3.68. The van der Waals surface area contributed by atoms with Gasteiger partial charge in [-0.25, -0.2) is 13.1 Å². The molecule has 16 heavy (non-hydrogen) atoms. The van der Waals surface area contributed by atoms with E-state index in [4.69, 9.17) is 10.8 Å². The predicted octanol–water partition coefficient (Wildman–Crippen LogP) is -1.59. The highest BCUT2D eigenvalue weighted by atomic mass is 32.2. The Bertz CT molecular complexity index is 440. The minimum absolute atomic E-state index is 0.0226. The van der Waals surface area contributed by atoms with Gasteiger partial charge in [0.1, 0.15) is 0 Å². The van der Waals surface area contributed by atoms with Crippen LogP contribution in [-0.4, -0.2) is 42.0 Å². The molecule has 8 heteroatoms. The molecule has 7 nitrogen and oxygen atoms in total. The van der Waals surface area contributed by atoms with Crippen molar-refractivity contribution in [2.24, 2.45) is 12.8 Å². The summed E-state index contributed by atoms with van der Waals surface area (Å²) in [6.45, 7) is 1.48. The Balaban J connectivity index is 2.71. The highest BCUT2D eigenvalue weighted by Crippen LogP contribution is 2.05. The number of rotatable bonds is 5. The maximum Gasteiger partial charge on any atom is 0.257 e. The molecule has 0 aliphatic carbocycles. The maximum absolute atomic E-state index is 11.7. The number of hydrogen-bond acceptors (Lipinski definition) is 5. The molecule has 92 valence electrons. The number of nitrogens with one attached hydrogen (secondary N) is 1. The molecule has 1 aromatic heterocycles. The average molecular weight is 248 g/mol. The van der Waals surface area contributed by atoms with Crippen LogP contribution in [0.25, 0.3) is 0 Å². The van der Waals surface area contributed by atoms with Gasteiger partial charge in [0, 0.05) is 19.6 Å². The lowest BCUT2D eigenvalue weighted by Gasteiger charge is -2.15. The monoisotopic (exact) mass is 248 g/mol. The Morgan fingerprint density at radius 2 is 2.31 bits per heavy atom. The van der Waals surface area contributed by atoms with E-state index in [1.54, 1.807) is 0 Å². The van der Waals surface area contributed by atoms with Gasteiger partial charge in [-0.15, -0.1) is 0 Å². The van der Waals surface area contributed by atoms with Crippen LogP contribution in [0.2, 0.25) is 0 Å². The van der Waals surface area contributed by atoms with Gasteiger partial charge in [-0.2, -0.15) is 5.10 Å². The fraction of sp³-hybridized carbons (Fsp3) is 0.625. The van der Waals surface area contributed by atoms with Crippen molar-refractivity contribution in [2.75, 3.05) is 6.54 Å². The summed E-state index contributed by atoms with van der Waals surface area (Å²) in [5, 5.41) is 12.9. The fourth-order valence-electron chi connectivity index (χ4n) is 1.08. The second-order valence-electron chi connectivity index (χ2n) is 3.55. The summed E-state index contributed by atoms with van der Waals surface area (Å²) in [4.78, 5) is 0. The predicted molar refractivity (Wildman–Crippen MR) is 58.1 cm³/mol. The molecular weight excluding hydrogens is 232 g/mol. The molecule has 0 fully saturated rings. The van der Waals surface area contributed by atoms with Crippen LogP contribution in [0.15, 0.2) is 17.3 Å². The molecule has 0 saturated heterocycles. The van der Waals surface area contributed by atoms with Crippen molar-refractivity contribution in [1.82, 2.24) is 14.5 Å². The van der Waals surface area contributed by atoms with Gasteiger partial charge in [-0.1, -0.05) is 0 Å². The molecule has 2 unspecified atom stereocenters. The summed E-state index contributed by atoms with van der Waals surface area (Å²) in [7, 11) is -2.09. The van der Waals surface area contributed by atoms with E-state index in [0.717, 1.165) is 0 Å². The Hall–Kier alpha value is -0.960. The van der Waals surface area contributed by atoms with Gasteiger partial charge in [-0.3, -0.25) is 4.68 Å². The standard InChI is InChI=1S/C8H16N4O3S/c1-6(13)7(9)5-11-16(14,15)8-3-4-10-12(8)2/h3-4,6-7,11,13H,5,9H2,1-2H3. The number of aliphatic hydroxyl groups is 1. The van der Waals surface area contributed by atoms with Gasteiger partial charge in [-0.05, 0) is 13.0 Å². The van der Waals surface area contributed by atoms with E-state index < -0.39 is 22.2 Å². The summed E-state index contributed by atoms with van der Waals surface area (Å²) >= 11 is 0. The normalized spacial score (nSPS) is 16.0. The zero-order valence-electron chi connectivity index (χ0n) is 9.16. The van der Waals surface area contributed by atoms with E-state index in [1.165, 1.54) is 30.9 Å². The van der Waals surface area contributed by atoms with Crippen LogP contribution in [-0.2, 0) is 17.1 Å². The topological polar surface area (TPSA) is 110 Å². The lowest BCUT2D eigenvalue weighted by molar-refractivity contribution is 0.164. The number of sulfonamides is 1. The number of nitrogens with zero attached hydrogens (tertiary/aromatic N) is 2. The number of nitrogens with two attached hydrogens (primary N) is 1. The number of aliphatic hydroxyl groups excluding tert-OH is 1. The average Bonchev–Trinajstić information content (AvgIpc) is 2.61. The first-order chi connectivity index (χ1) is 7.34. The molecule has 0 radical (unpaired) electrons. The molecule has 0 spiro atoms. The third-order valence-electron chi connectivity index (χ3n) is 2.18. The second kappa shape index (κ2) is 4.91. The molecular formula is C8H16N4O3S. The molecule has 1 rings (SSSR count). The van der Waals surface area contributed by atoms with Crippen LogP contribution in [0.4, 0.5) is 0 Å². The van der Waals surface area contributed by atoms with Gasteiger partial charge < -0.3 is 10.8 Å². The van der Waals surface area contributed by atoms with Crippen molar-refractivity contribution in [2.45, 2.75) is 24.1 Å². The lowest BCUT2D eigenvalue weighted by atomic mass is 10.2. The molecule has 0 amide bonds. The molecule has 0 saturated carbocycles. The minimum Gasteiger partial charge on any atom is -0.392 e. The first-order valence-corrected chi connectivity index (χ1v) is 6.24. The zero-order valence-corrected chi connectivity index (χ0v) is 9.98.